The number of hydrogen-bond acceptors (Lipinski definition) is 3. The van der Waals surface area contributed by atoms with Gasteiger partial charge in [0.25, 0.3) is 0 Å². The lowest BCUT2D eigenvalue weighted by atomic mass is 10.3. The van der Waals surface area contributed by atoms with Crippen molar-refractivity contribution in [2.75, 3.05) is 5.32 Å². The van der Waals surface area contributed by atoms with Crippen LogP contribution < -0.4 is 5.32 Å². The molecule has 3 rings (SSSR count). The maximum absolute atomic E-state index is 6.10. The summed E-state index contributed by atoms with van der Waals surface area (Å²) in [5, 5.41) is 13.1. The lowest BCUT2D eigenvalue weighted by molar-refractivity contribution is 0.740. The summed E-state index contributed by atoms with van der Waals surface area (Å²) in [7, 11) is 0. The molecule has 0 radical (unpaired) electrons. The monoisotopic (exact) mass is 318 g/mol. The molecule has 0 fully saturated rings. The highest BCUT2D eigenvalue weighted by atomic mass is 35.5. The summed E-state index contributed by atoms with van der Waals surface area (Å²) in [5.74, 6) is 0. The molecule has 0 atom stereocenters. The van der Waals surface area contributed by atoms with Crippen molar-refractivity contribution in [1.82, 2.24) is 15.0 Å². The molecule has 0 saturated heterocycles. The topological polar surface area (TPSA) is 42.7 Å². The zero-order valence-electron chi connectivity index (χ0n) is 11.0. The van der Waals surface area contributed by atoms with Gasteiger partial charge in [0.05, 0.1) is 29.1 Å². The number of nitrogens with one attached hydrogen (secondary N) is 1. The van der Waals surface area contributed by atoms with E-state index in [4.69, 9.17) is 23.2 Å². The highest BCUT2D eigenvalue weighted by Crippen LogP contribution is 2.25. The first-order valence-electron chi connectivity index (χ1n) is 6.38. The Balaban J connectivity index is 1.72. The van der Waals surface area contributed by atoms with E-state index >= 15 is 0 Å². The van der Waals surface area contributed by atoms with E-state index in [9.17, 15) is 0 Å². The summed E-state index contributed by atoms with van der Waals surface area (Å²) in [5.41, 5.74) is 2.51. The highest BCUT2D eigenvalue weighted by molar-refractivity contribution is 6.35. The number of halogens is 2. The Morgan fingerprint density at radius 2 is 1.86 bits per heavy atom. The predicted molar refractivity (Wildman–Crippen MR) is 85.1 cm³/mol. The first-order chi connectivity index (χ1) is 10.2. The number of nitrogens with zero attached hydrogens (tertiary/aromatic N) is 3. The molecule has 3 aromatic rings. The number of benzene rings is 2. The number of aromatic nitrogens is 3. The minimum Gasteiger partial charge on any atom is -0.378 e. The molecule has 1 N–H and O–H groups in total. The van der Waals surface area contributed by atoms with Gasteiger partial charge in [0.2, 0.25) is 0 Å². The molecule has 0 aliphatic rings. The molecule has 4 nitrogen and oxygen atoms in total. The fourth-order valence-corrected chi connectivity index (χ4v) is 2.24. The minimum absolute atomic E-state index is 0.521. The van der Waals surface area contributed by atoms with Crippen LogP contribution in [0.1, 0.15) is 5.69 Å². The fourth-order valence-electron chi connectivity index (χ4n) is 1.88. The molecule has 106 valence electrons. The molecule has 0 amide bonds. The number of anilines is 1. The van der Waals surface area contributed by atoms with Crippen LogP contribution in [0.2, 0.25) is 10.0 Å². The van der Waals surface area contributed by atoms with Gasteiger partial charge in [0.15, 0.2) is 0 Å². The Hall–Kier alpha value is -2.04. The Morgan fingerprint density at radius 3 is 2.67 bits per heavy atom. The van der Waals surface area contributed by atoms with Crippen LogP contribution in [0, 0.1) is 0 Å². The molecular formula is C15H12Cl2N4. The van der Waals surface area contributed by atoms with Gasteiger partial charge in [0, 0.05) is 5.02 Å². The van der Waals surface area contributed by atoms with Crippen LogP contribution in [0.5, 0.6) is 0 Å². The van der Waals surface area contributed by atoms with E-state index in [-0.39, 0.29) is 0 Å². The summed E-state index contributed by atoms with van der Waals surface area (Å²) in [6.07, 6.45) is 1.72. The number of para-hydroxylation sites is 1. The molecule has 0 unspecified atom stereocenters. The van der Waals surface area contributed by atoms with Crippen molar-refractivity contribution >= 4 is 28.9 Å². The quantitative estimate of drug-likeness (QED) is 0.784. The molecule has 2 aromatic carbocycles. The van der Waals surface area contributed by atoms with Crippen LogP contribution in [0.25, 0.3) is 5.69 Å². The Morgan fingerprint density at radius 1 is 1.05 bits per heavy atom. The van der Waals surface area contributed by atoms with Crippen LogP contribution in [0.3, 0.4) is 0 Å². The molecule has 0 aliphatic carbocycles. The van der Waals surface area contributed by atoms with Gasteiger partial charge in [-0.2, -0.15) is 15.0 Å². The number of rotatable bonds is 4. The van der Waals surface area contributed by atoms with E-state index in [0.29, 0.717) is 16.6 Å². The van der Waals surface area contributed by atoms with Gasteiger partial charge in [-0.3, -0.25) is 0 Å². The van der Waals surface area contributed by atoms with Crippen LogP contribution in [-0.4, -0.2) is 15.0 Å². The second-order valence-electron chi connectivity index (χ2n) is 4.44. The summed E-state index contributed by atoms with van der Waals surface area (Å²) < 4.78 is 0. The Bertz CT molecular complexity index is 740. The standard InChI is InChI=1S/C15H12Cl2N4/c16-11-6-7-14(17)15(8-11)18-9-12-10-19-21(20-12)13-4-2-1-3-5-13/h1-8,10,18H,9H2. The molecule has 21 heavy (non-hydrogen) atoms. The smallest absolute Gasteiger partial charge is 0.102 e. The third-order valence-corrected chi connectivity index (χ3v) is 3.48. The normalized spacial score (nSPS) is 10.6. The van der Waals surface area contributed by atoms with Gasteiger partial charge in [-0.05, 0) is 30.3 Å². The van der Waals surface area contributed by atoms with Crippen molar-refractivity contribution in [1.29, 1.82) is 0 Å². The first-order valence-corrected chi connectivity index (χ1v) is 7.13. The van der Waals surface area contributed by atoms with Gasteiger partial charge in [0.1, 0.15) is 5.69 Å². The highest BCUT2D eigenvalue weighted by Gasteiger charge is 2.05. The van der Waals surface area contributed by atoms with Crippen LogP contribution >= 0.6 is 23.2 Å². The average Bonchev–Trinajstić information content (AvgIpc) is 2.98. The third-order valence-electron chi connectivity index (χ3n) is 2.91. The lowest BCUT2D eigenvalue weighted by Gasteiger charge is -2.06. The summed E-state index contributed by atoms with van der Waals surface area (Å²) in [6, 6.07) is 15.0. The van der Waals surface area contributed by atoms with Gasteiger partial charge < -0.3 is 5.32 Å². The van der Waals surface area contributed by atoms with Crippen molar-refractivity contribution in [2.24, 2.45) is 0 Å². The molecule has 1 aromatic heterocycles. The average molecular weight is 319 g/mol. The molecule has 0 saturated carbocycles. The molecular weight excluding hydrogens is 307 g/mol. The maximum atomic E-state index is 6.10. The molecule has 0 aliphatic heterocycles. The molecule has 0 bridgehead atoms. The van der Waals surface area contributed by atoms with Gasteiger partial charge in [-0.1, -0.05) is 41.4 Å². The third kappa shape index (κ3) is 3.35. The van der Waals surface area contributed by atoms with Crippen LogP contribution in [0.4, 0.5) is 5.69 Å². The van der Waals surface area contributed by atoms with E-state index in [1.54, 1.807) is 29.2 Å². The van der Waals surface area contributed by atoms with Gasteiger partial charge >= 0.3 is 0 Å². The minimum atomic E-state index is 0.521. The Labute approximate surface area is 132 Å². The summed E-state index contributed by atoms with van der Waals surface area (Å²) >= 11 is 12.1. The van der Waals surface area contributed by atoms with Crippen molar-refractivity contribution in [3.63, 3.8) is 0 Å². The summed E-state index contributed by atoms with van der Waals surface area (Å²) in [4.78, 5) is 1.59. The predicted octanol–water partition coefficient (Wildman–Crippen LogP) is 4.19. The second-order valence-corrected chi connectivity index (χ2v) is 5.28. The summed E-state index contributed by atoms with van der Waals surface area (Å²) in [6.45, 7) is 0.521. The molecule has 6 heteroatoms. The van der Waals surface area contributed by atoms with Gasteiger partial charge in [-0.15, -0.1) is 0 Å². The maximum Gasteiger partial charge on any atom is 0.102 e. The Kier molecular flexibility index (Phi) is 4.08. The first kappa shape index (κ1) is 13.9. The van der Waals surface area contributed by atoms with Crippen molar-refractivity contribution in [2.45, 2.75) is 6.54 Å². The zero-order chi connectivity index (χ0) is 14.7. The molecule has 1 heterocycles. The van der Waals surface area contributed by atoms with Crippen molar-refractivity contribution < 1.29 is 0 Å². The van der Waals surface area contributed by atoms with E-state index in [1.807, 2.05) is 30.3 Å². The van der Waals surface area contributed by atoms with Crippen molar-refractivity contribution in [3.8, 4) is 5.69 Å². The SMILES string of the molecule is Clc1ccc(Cl)c(NCc2cnn(-c3ccccc3)n2)c1. The van der Waals surface area contributed by atoms with Crippen LogP contribution in [0.15, 0.2) is 54.7 Å². The molecule has 0 spiro atoms. The van der Waals surface area contributed by atoms with Crippen LogP contribution in [-0.2, 0) is 6.54 Å². The number of hydrogen-bond donors (Lipinski definition) is 1. The van der Waals surface area contributed by atoms with Gasteiger partial charge in [-0.25, -0.2) is 0 Å². The largest absolute Gasteiger partial charge is 0.378 e. The second kappa shape index (κ2) is 6.16. The fraction of sp³-hybridized carbons (Fsp3) is 0.0667. The van der Waals surface area contributed by atoms with E-state index in [1.165, 1.54) is 0 Å². The van der Waals surface area contributed by atoms with E-state index < -0.39 is 0 Å². The van der Waals surface area contributed by atoms with E-state index in [2.05, 4.69) is 15.5 Å². The van der Waals surface area contributed by atoms with Crippen molar-refractivity contribution in [3.05, 3.63) is 70.5 Å². The lowest BCUT2D eigenvalue weighted by Crippen LogP contribution is -2.03. The zero-order valence-corrected chi connectivity index (χ0v) is 12.5. The van der Waals surface area contributed by atoms with E-state index in [0.717, 1.165) is 17.1 Å².